The molecule has 0 bridgehead atoms. The molecule has 0 aliphatic rings. The van der Waals surface area contributed by atoms with Gasteiger partial charge in [0.2, 0.25) is 0 Å². The van der Waals surface area contributed by atoms with Gasteiger partial charge in [-0.3, -0.25) is 4.98 Å². The van der Waals surface area contributed by atoms with E-state index >= 15 is 0 Å². The van der Waals surface area contributed by atoms with Gasteiger partial charge in [0.25, 0.3) is 0 Å². The van der Waals surface area contributed by atoms with Crippen molar-refractivity contribution in [2.24, 2.45) is 0 Å². The molecule has 0 spiro atoms. The number of benzene rings is 1. The summed E-state index contributed by atoms with van der Waals surface area (Å²) in [5.41, 5.74) is 5.48. The second kappa shape index (κ2) is 6.73. The number of aromatic nitrogens is 3. The lowest BCUT2D eigenvalue weighted by Crippen LogP contribution is -1.98. The second-order valence-electron chi connectivity index (χ2n) is 5.87. The molecule has 0 unspecified atom stereocenters. The Morgan fingerprint density at radius 1 is 1.00 bits per heavy atom. The van der Waals surface area contributed by atoms with Crippen LogP contribution in [0.15, 0.2) is 73.6 Å². The highest BCUT2D eigenvalue weighted by Crippen LogP contribution is 2.40. The topological polar surface area (TPSA) is 30.7 Å². The Morgan fingerprint density at radius 3 is 2.42 bits per heavy atom. The largest absolute Gasteiger partial charge is 0.335 e. The van der Waals surface area contributed by atoms with Crippen LogP contribution < -0.4 is 0 Å². The highest BCUT2D eigenvalue weighted by atomic mass is 35.5. The Labute approximate surface area is 155 Å². The summed E-state index contributed by atoms with van der Waals surface area (Å²) >= 11 is 6.18. The summed E-state index contributed by atoms with van der Waals surface area (Å²) in [6.07, 6.45) is 5.34. The third-order valence-electron chi connectivity index (χ3n) is 4.27. The summed E-state index contributed by atoms with van der Waals surface area (Å²) in [4.78, 5) is 8.68. The van der Waals surface area contributed by atoms with Crippen LogP contribution in [0.5, 0.6) is 0 Å². The van der Waals surface area contributed by atoms with E-state index in [1.807, 2.05) is 24.3 Å². The van der Waals surface area contributed by atoms with E-state index in [4.69, 9.17) is 11.6 Å². The molecule has 3 nitrogen and oxygen atoms in total. The molecule has 0 atom stereocenters. The quantitative estimate of drug-likeness (QED) is 0.341. The summed E-state index contributed by atoms with van der Waals surface area (Å²) < 4.78 is 15.6. The molecule has 128 valence electrons. The van der Waals surface area contributed by atoms with Crippen molar-refractivity contribution in [3.8, 4) is 22.4 Å². The van der Waals surface area contributed by atoms with Crippen molar-refractivity contribution in [1.82, 2.24) is 14.5 Å². The maximum Gasteiger partial charge on any atom is 0.129 e. The van der Waals surface area contributed by atoms with Crippen molar-refractivity contribution in [3.63, 3.8) is 0 Å². The summed E-state index contributed by atoms with van der Waals surface area (Å²) in [6.45, 7) is 4.49. The third-order valence-corrected chi connectivity index (χ3v) is 4.48. The van der Waals surface area contributed by atoms with Crippen LogP contribution in [0.1, 0.15) is 0 Å². The van der Waals surface area contributed by atoms with Crippen molar-refractivity contribution in [3.05, 3.63) is 84.5 Å². The molecular formula is C21H15ClFN3. The summed E-state index contributed by atoms with van der Waals surface area (Å²) in [5.74, 6) is -0.278. The molecule has 0 saturated carbocycles. The molecule has 0 saturated heterocycles. The highest BCUT2D eigenvalue weighted by molar-refractivity contribution is 6.30. The van der Waals surface area contributed by atoms with Crippen molar-refractivity contribution < 1.29 is 4.39 Å². The number of allylic oxidation sites excluding steroid dienone is 1. The first kappa shape index (κ1) is 16.5. The molecule has 0 amide bonds. The average molecular weight is 364 g/mol. The van der Waals surface area contributed by atoms with Gasteiger partial charge >= 0.3 is 0 Å². The number of rotatable bonds is 4. The molecule has 0 fully saturated rings. The van der Waals surface area contributed by atoms with E-state index < -0.39 is 0 Å². The van der Waals surface area contributed by atoms with E-state index in [1.165, 1.54) is 12.1 Å². The van der Waals surface area contributed by atoms with Crippen molar-refractivity contribution in [2.45, 2.75) is 6.54 Å². The number of halogens is 2. The van der Waals surface area contributed by atoms with Gasteiger partial charge in [0.05, 0.1) is 16.7 Å². The molecule has 1 aromatic carbocycles. The van der Waals surface area contributed by atoms with Gasteiger partial charge < -0.3 is 4.57 Å². The average Bonchev–Trinajstić information content (AvgIpc) is 2.97. The Morgan fingerprint density at radius 2 is 1.73 bits per heavy atom. The van der Waals surface area contributed by atoms with E-state index in [1.54, 1.807) is 30.6 Å². The van der Waals surface area contributed by atoms with Crippen LogP contribution in [0.2, 0.25) is 5.15 Å². The minimum Gasteiger partial charge on any atom is -0.335 e. The lowest BCUT2D eigenvalue weighted by atomic mass is 10.0. The minimum absolute atomic E-state index is 0.278. The van der Waals surface area contributed by atoms with Crippen LogP contribution in [0.25, 0.3) is 33.4 Å². The second-order valence-corrected chi connectivity index (χ2v) is 6.25. The Bertz CT molecular complexity index is 1090. The number of pyridine rings is 2. The fourth-order valence-corrected chi connectivity index (χ4v) is 3.36. The molecule has 3 aromatic heterocycles. The highest BCUT2D eigenvalue weighted by Gasteiger charge is 2.21. The predicted molar refractivity (Wildman–Crippen MR) is 104 cm³/mol. The number of fused-ring (bicyclic) bond motifs is 1. The SMILES string of the molecule is C=CCn1c(-c2ccncc2)c(-c2ccc(F)cc2)c2nc(Cl)ccc21. The van der Waals surface area contributed by atoms with Crippen molar-refractivity contribution in [2.75, 3.05) is 0 Å². The van der Waals surface area contributed by atoms with Gasteiger partial charge in [0, 0.05) is 30.1 Å². The fourth-order valence-electron chi connectivity index (χ4n) is 3.22. The summed E-state index contributed by atoms with van der Waals surface area (Å²) in [7, 11) is 0. The van der Waals surface area contributed by atoms with Crippen LogP contribution >= 0.6 is 11.6 Å². The lowest BCUT2D eigenvalue weighted by molar-refractivity contribution is 0.628. The fraction of sp³-hybridized carbons (Fsp3) is 0.0476. The van der Waals surface area contributed by atoms with Gasteiger partial charge in [0.15, 0.2) is 0 Å². The van der Waals surface area contributed by atoms with Gasteiger partial charge in [-0.05, 0) is 42.0 Å². The Kier molecular flexibility index (Phi) is 4.27. The van der Waals surface area contributed by atoms with Crippen molar-refractivity contribution >= 4 is 22.6 Å². The van der Waals surface area contributed by atoms with Crippen LogP contribution in [-0.2, 0) is 6.54 Å². The van der Waals surface area contributed by atoms with Crippen LogP contribution in [0.3, 0.4) is 0 Å². The molecule has 4 aromatic rings. The van der Waals surface area contributed by atoms with Gasteiger partial charge in [-0.15, -0.1) is 6.58 Å². The van der Waals surface area contributed by atoms with Gasteiger partial charge in [-0.25, -0.2) is 9.37 Å². The zero-order chi connectivity index (χ0) is 18.1. The van der Waals surface area contributed by atoms with E-state index in [-0.39, 0.29) is 5.82 Å². The smallest absolute Gasteiger partial charge is 0.129 e. The normalized spacial score (nSPS) is 11.0. The van der Waals surface area contributed by atoms with E-state index in [0.717, 1.165) is 33.4 Å². The number of hydrogen-bond acceptors (Lipinski definition) is 2. The van der Waals surface area contributed by atoms with E-state index in [2.05, 4.69) is 21.1 Å². The Balaban J connectivity index is 2.14. The van der Waals surface area contributed by atoms with Gasteiger partial charge in [0.1, 0.15) is 11.0 Å². The molecule has 3 heterocycles. The zero-order valence-electron chi connectivity index (χ0n) is 13.9. The summed E-state index contributed by atoms with van der Waals surface area (Å²) in [5, 5.41) is 0.415. The molecule has 0 radical (unpaired) electrons. The molecular weight excluding hydrogens is 349 g/mol. The molecule has 4 rings (SSSR count). The zero-order valence-corrected chi connectivity index (χ0v) is 14.6. The first-order chi connectivity index (χ1) is 12.7. The molecule has 0 aliphatic heterocycles. The van der Waals surface area contributed by atoms with Gasteiger partial charge in [-0.2, -0.15) is 0 Å². The predicted octanol–water partition coefficient (Wildman–Crippen LogP) is 5.74. The van der Waals surface area contributed by atoms with Crippen molar-refractivity contribution in [1.29, 1.82) is 0 Å². The minimum atomic E-state index is -0.278. The van der Waals surface area contributed by atoms with Crippen LogP contribution in [0.4, 0.5) is 4.39 Å². The molecule has 26 heavy (non-hydrogen) atoms. The first-order valence-corrected chi connectivity index (χ1v) is 8.53. The third kappa shape index (κ3) is 2.78. The maximum absolute atomic E-state index is 13.5. The molecule has 0 N–H and O–H groups in total. The first-order valence-electron chi connectivity index (χ1n) is 8.15. The molecule has 0 aliphatic carbocycles. The Hall–Kier alpha value is -2.98. The number of nitrogens with zero attached hydrogens (tertiary/aromatic N) is 3. The molecule has 5 heteroatoms. The van der Waals surface area contributed by atoms with E-state index in [0.29, 0.717) is 11.7 Å². The monoisotopic (exact) mass is 363 g/mol. The number of hydrogen-bond donors (Lipinski definition) is 0. The lowest BCUT2D eigenvalue weighted by Gasteiger charge is -2.11. The standard InChI is InChI=1S/C21H15ClFN3/c1-2-13-26-17-7-8-18(22)25-20(17)19(14-3-5-16(23)6-4-14)21(26)15-9-11-24-12-10-15/h2-12H,1,13H2. The van der Waals surface area contributed by atoms with Crippen LogP contribution in [-0.4, -0.2) is 14.5 Å². The summed E-state index contributed by atoms with van der Waals surface area (Å²) in [6, 6.07) is 14.0. The van der Waals surface area contributed by atoms with Crippen LogP contribution in [0, 0.1) is 5.82 Å². The van der Waals surface area contributed by atoms with E-state index in [9.17, 15) is 4.39 Å². The van der Waals surface area contributed by atoms with Gasteiger partial charge in [-0.1, -0.05) is 29.8 Å². The maximum atomic E-state index is 13.5.